The Morgan fingerprint density at radius 1 is 1.04 bits per heavy atom. The Morgan fingerprint density at radius 3 is 2.29 bits per heavy atom. The molecule has 0 atom stereocenters. The third-order valence-electron chi connectivity index (χ3n) is 4.87. The van der Waals surface area contributed by atoms with Gasteiger partial charge in [-0.3, -0.25) is 4.79 Å². The lowest BCUT2D eigenvalue weighted by Crippen LogP contribution is -2.43. The summed E-state index contributed by atoms with van der Waals surface area (Å²) < 4.78 is 14.5. The highest BCUT2D eigenvalue weighted by Gasteiger charge is 2.23. The van der Waals surface area contributed by atoms with Crippen molar-refractivity contribution >= 4 is 5.91 Å². The molecule has 0 unspecified atom stereocenters. The fraction of sp³-hybridized carbons (Fsp3) is 0.350. The Hall–Kier alpha value is -2.20. The van der Waals surface area contributed by atoms with Crippen LogP contribution in [0.4, 0.5) is 4.39 Å². The van der Waals surface area contributed by atoms with Crippen LogP contribution >= 0.6 is 0 Å². The first kappa shape index (κ1) is 16.7. The highest BCUT2D eigenvalue weighted by Crippen LogP contribution is 2.25. The summed E-state index contributed by atoms with van der Waals surface area (Å²) in [5, 5.41) is 0. The largest absolute Gasteiger partial charge is 0.338 e. The Labute approximate surface area is 142 Å². The maximum atomic E-state index is 14.5. The van der Waals surface area contributed by atoms with E-state index in [9.17, 15) is 9.18 Å². The maximum absolute atomic E-state index is 14.5. The van der Waals surface area contributed by atoms with Gasteiger partial charge in [0.2, 0.25) is 0 Å². The van der Waals surface area contributed by atoms with Gasteiger partial charge in [0.25, 0.3) is 5.91 Å². The molecule has 2 aromatic rings. The van der Waals surface area contributed by atoms with Gasteiger partial charge >= 0.3 is 0 Å². The third-order valence-corrected chi connectivity index (χ3v) is 4.87. The minimum absolute atomic E-state index is 0.137. The number of likely N-dealkylation sites (tertiary alicyclic amines) is 1. The molecular formula is C20H23FN2O. The molecule has 0 radical (unpaired) electrons. The normalized spacial score (nSPS) is 15.6. The lowest BCUT2D eigenvalue weighted by molar-refractivity contribution is 0.0710. The van der Waals surface area contributed by atoms with Crippen LogP contribution in [-0.4, -0.2) is 29.9 Å². The first-order chi connectivity index (χ1) is 11.5. The lowest BCUT2D eigenvalue weighted by atomic mass is 9.98. The molecular weight excluding hydrogens is 303 g/mol. The van der Waals surface area contributed by atoms with Crippen molar-refractivity contribution < 1.29 is 9.18 Å². The van der Waals surface area contributed by atoms with E-state index in [0.717, 1.165) is 29.5 Å². The molecule has 1 aliphatic rings. The van der Waals surface area contributed by atoms with Gasteiger partial charge < -0.3 is 10.6 Å². The number of rotatable bonds is 2. The number of halogens is 1. The van der Waals surface area contributed by atoms with Crippen molar-refractivity contribution in [2.75, 3.05) is 13.1 Å². The summed E-state index contributed by atoms with van der Waals surface area (Å²) in [4.78, 5) is 14.2. The minimum Gasteiger partial charge on any atom is -0.338 e. The van der Waals surface area contributed by atoms with Gasteiger partial charge in [-0.05, 0) is 61.1 Å². The van der Waals surface area contributed by atoms with E-state index >= 15 is 0 Å². The van der Waals surface area contributed by atoms with E-state index in [2.05, 4.69) is 0 Å². The van der Waals surface area contributed by atoms with Crippen LogP contribution in [-0.2, 0) is 0 Å². The van der Waals surface area contributed by atoms with E-state index in [4.69, 9.17) is 5.73 Å². The van der Waals surface area contributed by atoms with Gasteiger partial charge in [0.05, 0.1) is 5.56 Å². The van der Waals surface area contributed by atoms with Crippen molar-refractivity contribution in [2.24, 2.45) is 5.73 Å². The summed E-state index contributed by atoms with van der Waals surface area (Å²) in [7, 11) is 0. The van der Waals surface area contributed by atoms with E-state index in [1.54, 1.807) is 11.0 Å². The Balaban J connectivity index is 1.84. The molecule has 0 spiro atoms. The molecule has 1 aliphatic heterocycles. The van der Waals surface area contributed by atoms with Crippen molar-refractivity contribution in [3.05, 3.63) is 58.9 Å². The standard InChI is InChI=1S/C20H23FN2O/c1-13-3-4-15(11-14(13)2)16-5-6-18(19(21)12-16)20(24)23-9-7-17(22)8-10-23/h3-6,11-12,17H,7-10,22H2,1-2H3. The van der Waals surface area contributed by atoms with E-state index in [-0.39, 0.29) is 17.5 Å². The molecule has 1 saturated heterocycles. The SMILES string of the molecule is Cc1ccc(-c2ccc(C(=O)N3CCC(N)CC3)c(F)c2)cc1C. The number of piperidine rings is 1. The van der Waals surface area contributed by atoms with E-state index in [1.165, 1.54) is 11.6 Å². The second kappa shape index (κ2) is 6.73. The van der Waals surface area contributed by atoms with Gasteiger partial charge in [-0.15, -0.1) is 0 Å². The molecule has 1 fully saturated rings. The summed E-state index contributed by atoms with van der Waals surface area (Å²) in [6.45, 7) is 5.27. The average molecular weight is 326 g/mol. The van der Waals surface area contributed by atoms with E-state index in [1.807, 2.05) is 38.1 Å². The molecule has 2 aromatic carbocycles. The molecule has 3 rings (SSSR count). The van der Waals surface area contributed by atoms with Crippen molar-refractivity contribution in [3.8, 4) is 11.1 Å². The number of benzene rings is 2. The zero-order valence-electron chi connectivity index (χ0n) is 14.2. The molecule has 4 heteroatoms. The smallest absolute Gasteiger partial charge is 0.256 e. The van der Waals surface area contributed by atoms with Crippen LogP contribution in [0.1, 0.15) is 34.3 Å². The van der Waals surface area contributed by atoms with Crippen LogP contribution in [0.15, 0.2) is 36.4 Å². The molecule has 0 saturated carbocycles. The first-order valence-electron chi connectivity index (χ1n) is 8.38. The van der Waals surface area contributed by atoms with Gasteiger partial charge in [0, 0.05) is 19.1 Å². The highest BCUT2D eigenvalue weighted by atomic mass is 19.1. The van der Waals surface area contributed by atoms with Gasteiger partial charge in [0.1, 0.15) is 5.82 Å². The predicted octanol–water partition coefficient (Wildman–Crippen LogP) is 3.67. The predicted molar refractivity (Wildman–Crippen MR) is 94.4 cm³/mol. The van der Waals surface area contributed by atoms with Crippen LogP contribution in [0.3, 0.4) is 0 Å². The lowest BCUT2D eigenvalue weighted by Gasteiger charge is -2.30. The summed E-state index contributed by atoms with van der Waals surface area (Å²) in [6, 6.07) is 11.0. The number of nitrogens with two attached hydrogens (primary N) is 1. The topological polar surface area (TPSA) is 46.3 Å². The second-order valence-corrected chi connectivity index (χ2v) is 6.62. The average Bonchev–Trinajstić information content (AvgIpc) is 2.57. The van der Waals surface area contributed by atoms with Crippen molar-refractivity contribution in [1.82, 2.24) is 4.90 Å². The second-order valence-electron chi connectivity index (χ2n) is 6.62. The van der Waals surface area contributed by atoms with Crippen LogP contribution in [0, 0.1) is 19.7 Å². The molecule has 3 nitrogen and oxygen atoms in total. The monoisotopic (exact) mass is 326 g/mol. The van der Waals surface area contributed by atoms with Crippen LogP contribution in [0.5, 0.6) is 0 Å². The van der Waals surface area contributed by atoms with Crippen molar-refractivity contribution in [1.29, 1.82) is 0 Å². The zero-order valence-corrected chi connectivity index (χ0v) is 14.2. The number of amides is 1. The highest BCUT2D eigenvalue weighted by molar-refractivity contribution is 5.95. The number of aryl methyl sites for hydroxylation is 2. The molecule has 0 aromatic heterocycles. The molecule has 0 bridgehead atoms. The van der Waals surface area contributed by atoms with Gasteiger partial charge in [0.15, 0.2) is 0 Å². The first-order valence-corrected chi connectivity index (χ1v) is 8.38. The van der Waals surface area contributed by atoms with Crippen LogP contribution in [0.25, 0.3) is 11.1 Å². The number of carbonyl (C=O) groups is 1. The van der Waals surface area contributed by atoms with E-state index in [0.29, 0.717) is 13.1 Å². The minimum atomic E-state index is -0.467. The summed E-state index contributed by atoms with van der Waals surface area (Å²) in [5.74, 6) is -0.711. The van der Waals surface area contributed by atoms with E-state index < -0.39 is 5.82 Å². The fourth-order valence-corrected chi connectivity index (χ4v) is 3.06. The number of hydrogen-bond donors (Lipinski definition) is 1. The fourth-order valence-electron chi connectivity index (χ4n) is 3.06. The summed E-state index contributed by atoms with van der Waals surface area (Å²) >= 11 is 0. The Kier molecular flexibility index (Phi) is 4.67. The third kappa shape index (κ3) is 3.34. The molecule has 126 valence electrons. The quantitative estimate of drug-likeness (QED) is 0.915. The molecule has 1 heterocycles. The van der Waals surface area contributed by atoms with Crippen molar-refractivity contribution in [2.45, 2.75) is 32.7 Å². The number of hydrogen-bond acceptors (Lipinski definition) is 2. The van der Waals surface area contributed by atoms with Crippen LogP contribution in [0.2, 0.25) is 0 Å². The summed E-state index contributed by atoms with van der Waals surface area (Å²) in [6.07, 6.45) is 1.54. The van der Waals surface area contributed by atoms with Crippen LogP contribution < -0.4 is 5.73 Å². The number of carbonyl (C=O) groups excluding carboxylic acids is 1. The van der Waals surface area contributed by atoms with Gasteiger partial charge in [-0.1, -0.05) is 24.3 Å². The Bertz CT molecular complexity index is 764. The molecule has 0 aliphatic carbocycles. The maximum Gasteiger partial charge on any atom is 0.256 e. The number of nitrogens with zero attached hydrogens (tertiary/aromatic N) is 1. The summed E-state index contributed by atoms with van der Waals surface area (Å²) in [5.41, 5.74) is 10.1. The molecule has 24 heavy (non-hydrogen) atoms. The molecule has 1 amide bonds. The zero-order chi connectivity index (χ0) is 17.3. The van der Waals surface area contributed by atoms with Gasteiger partial charge in [-0.25, -0.2) is 4.39 Å². The molecule has 2 N–H and O–H groups in total. The van der Waals surface area contributed by atoms with Crippen molar-refractivity contribution in [3.63, 3.8) is 0 Å². The van der Waals surface area contributed by atoms with Gasteiger partial charge in [-0.2, -0.15) is 0 Å². The Morgan fingerprint density at radius 2 is 1.67 bits per heavy atom.